The fourth-order valence-corrected chi connectivity index (χ4v) is 3.50. The second kappa shape index (κ2) is 7.01. The number of rotatable bonds is 4. The fraction of sp³-hybridized carbons (Fsp3) is 0.150. The molecular weight excluding hydrogens is 378 g/mol. The molecule has 0 unspecified atom stereocenters. The second-order valence-electron chi connectivity index (χ2n) is 6.42. The molecule has 1 aliphatic rings. The molecule has 2 aromatic carbocycles. The maximum atomic E-state index is 12.2. The fourth-order valence-electron chi connectivity index (χ4n) is 3.31. The number of allylic oxidation sites excluding steroid dienone is 1. The van der Waals surface area contributed by atoms with E-state index in [1.54, 1.807) is 30.8 Å². The molecule has 4 rings (SSSR count). The molecule has 28 heavy (non-hydrogen) atoms. The van der Waals surface area contributed by atoms with Crippen LogP contribution < -0.4 is 15.8 Å². The van der Waals surface area contributed by atoms with Crippen molar-refractivity contribution in [3.8, 4) is 17.1 Å². The average Bonchev–Trinajstić information content (AvgIpc) is 3.10. The molecule has 142 valence electrons. The molecule has 0 aliphatic carbocycles. The van der Waals surface area contributed by atoms with Crippen LogP contribution in [0.5, 0.6) is 5.75 Å². The van der Waals surface area contributed by atoms with Crippen LogP contribution in [0.3, 0.4) is 0 Å². The number of nitrogens with one attached hydrogen (secondary N) is 1. The molecular formula is C20H18ClN5O2. The monoisotopic (exact) mass is 395 g/mol. The molecule has 3 aromatic rings. The highest BCUT2D eigenvalue weighted by atomic mass is 35.5. The summed E-state index contributed by atoms with van der Waals surface area (Å²) in [7, 11) is 1.60. The minimum Gasteiger partial charge on any atom is -0.497 e. The Morgan fingerprint density at radius 2 is 2.00 bits per heavy atom. The van der Waals surface area contributed by atoms with Crippen LogP contribution in [0, 0.1) is 0 Å². The Morgan fingerprint density at radius 3 is 2.64 bits per heavy atom. The van der Waals surface area contributed by atoms with Gasteiger partial charge in [0, 0.05) is 16.3 Å². The molecule has 3 N–H and O–H groups in total. The zero-order valence-corrected chi connectivity index (χ0v) is 16.1. The van der Waals surface area contributed by atoms with Crippen molar-refractivity contribution < 1.29 is 9.53 Å². The minimum atomic E-state index is -0.517. The normalized spacial score (nSPS) is 15.8. The first-order valence-corrected chi connectivity index (χ1v) is 8.99. The topological polar surface area (TPSA) is 95.1 Å². The van der Waals surface area contributed by atoms with Gasteiger partial charge in [0.15, 0.2) is 5.82 Å². The van der Waals surface area contributed by atoms with Crippen molar-refractivity contribution in [2.24, 2.45) is 5.73 Å². The van der Waals surface area contributed by atoms with E-state index in [2.05, 4.69) is 15.4 Å². The van der Waals surface area contributed by atoms with Gasteiger partial charge in [-0.25, -0.2) is 4.68 Å². The van der Waals surface area contributed by atoms with E-state index in [4.69, 9.17) is 22.1 Å². The zero-order valence-electron chi connectivity index (χ0n) is 15.3. The van der Waals surface area contributed by atoms with Gasteiger partial charge < -0.3 is 15.8 Å². The largest absolute Gasteiger partial charge is 0.497 e. The van der Waals surface area contributed by atoms with Gasteiger partial charge in [-0.05, 0) is 36.8 Å². The number of hydrogen-bond acceptors (Lipinski definition) is 5. The van der Waals surface area contributed by atoms with Crippen molar-refractivity contribution in [1.82, 2.24) is 14.8 Å². The van der Waals surface area contributed by atoms with Gasteiger partial charge in [0.2, 0.25) is 11.9 Å². The van der Waals surface area contributed by atoms with E-state index >= 15 is 0 Å². The summed E-state index contributed by atoms with van der Waals surface area (Å²) in [5.74, 6) is 1.23. The Bertz CT molecular complexity index is 1090. The van der Waals surface area contributed by atoms with E-state index in [9.17, 15) is 4.79 Å². The summed E-state index contributed by atoms with van der Waals surface area (Å²) in [6, 6.07) is 14.2. The number of halogens is 1. The standard InChI is InChI=1S/C20H18ClN5O2/c1-11-16(18(22)27)17(12-6-8-15(28-2)9-7-12)26-20(23-11)24-19(25-26)13-4-3-5-14(21)10-13/h3-10,17H,1-2H3,(H2,22,27)(H,23,24,25)/t17-/m0/s1. The van der Waals surface area contributed by atoms with Crippen molar-refractivity contribution in [2.45, 2.75) is 13.0 Å². The lowest BCUT2D eigenvalue weighted by molar-refractivity contribution is -0.115. The maximum Gasteiger partial charge on any atom is 0.248 e. The lowest BCUT2D eigenvalue weighted by Crippen LogP contribution is -2.31. The number of ether oxygens (including phenoxy) is 1. The quantitative estimate of drug-likeness (QED) is 0.706. The average molecular weight is 396 g/mol. The SMILES string of the molecule is COc1ccc([C@H]2C(C(N)=O)=C(C)Nc3nc(-c4cccc(Cl)c4)nn32)cc1. The summed E-state index contributed by atoms with van der Waals surface area (Å²) in [4.78, 5) is 16.8. The zero-order chi connectivity index (χ0) is 19.8. The van der Waals surface area contributed by atoms with E-state index in [0.29, 0.717) is 28.1 Å². The molecule has 8 heteroatoms. The first kappa shape index (κ1) is 18.1. The van der Waals surface area contributed by atoms with E-state index < -0.39 is 11.9 Å². The van der Waals surface area contributed by atoms with Crippen LogP contribution in [-0.2, 0) is 4.79 Å². The molecule has 0 radical (unpaired) electrons. The molecule has 1 aliphatic heterocycles. The van der Waals surface area contributed by atoms with Crippen LogP contribution in [0.1, 0.15) is 18.5 Å². The summed E-state index contributed by atoms with van der Waals surface area (Å²) >= 11 is 6.10. The Morgan fingerprint density at radius 1 is 1.25 bits per heavy atom. The number of methoxy groups -OCH3 is 1. The van der Waals surface area contributed by atoms with E-state index in [0.717, 1.165) is 16.9 Å². The van der Waals surface area contributed by atoms with Crippen LogP contribution in [0.15, 0.2) is 59.8 Å². The van der Waals surface area contributed by atoms with Gasteiger partial charge >= 0.3 is 0 Å². The summed E-state index contributed by atoms with van der Waals surface area (Å²) in [6.45, 7) is 1.80. The highest BCUT2D eigenvalue weighted by Crippen LogP contribution is 2.36. The Labute approximate surface area is 166 Å². The van der Waals surface area contributed by atoms with E-state index in [1.807, 2.05) is 36.4 Å². The number of hydrogen-bond donors (Lipinski definition) is 2. The lowest BCUT2D eigenvalue weighted by Gasteiger charge is -2.27. The van der Waals surface area contributed by atoms with Crippen LogP contribution in [0.25, 0.3) is 11.4 Å². The molecule has 0 bridgehead atoms. The lowest BCUT2D eigenvalue weighted by atomic mass is 9.95. The first-order valence-electron chi connectivity index (χ1n) is 8.62. The second-order valence-corrected chi connectivity index (χ2v) is 6.85. The van der Waals surface area contributed by atoms with Crippen molar-refractivity contribution in [1.29, 1.82) is 0 Å². The number of carbonyl (C=O) groups is 1. The van der Waals surface area contributed by atoms with Crippen LogP contribution in [0.2, 0.25) is 5.02 Å². The Balaban J connectivity index is 1.86. The van der Waals surface area contributed by atoms with Crippen molar-refractivity contribution in [3.05, 3.63) is 70.4 Å². The third-order valence-electron chi connectivity index (χ3n) is 4.63. The number of amides is 1. The number of anilines is 1. The molecule has 1 atom stereocenters. The predicted molar refractivity (Wildman–Crippen MR) is 107 cm³/mol. The molecule has 0 saturated carbocycles. The third kappa shape index (κ3) is 3.10. The summed E-state index contributed by atoms with van der Waals surface area (Å²) in [6.07, 6.45) is 0. The number of aromatic nitrogens is 3. The van der Waals surface area contributed by atoms with E-state index in [-0.39, 0.29) is 0 Å². The number of benzene rings is 2. The van der Waals surface area contributed by atoms with Crippen molar-refractivity contribution in [3.63, 3.8) is 0 Å². The highest BCUT2D eigenvalue weighted by Gasteiger charge is 2.33. The third-order valence-corrected chi connectivity index (χ3v) is 4.87. The minimum absolute atomic E-state index is 0.431. The van der Waals surface area contributed by atoms with Crippen molar-refractivity contribution in [2.75, 3.05) is 12.4 Å². The van der Waals surface area contributed by atoms with Gasteiger partial charge in [0.05, 0.1) is 12.7 Å². The number of nitrogens with two attached hydrogens (primary N) is 1. The Hall–Kier alpha value is -3.32. The number of nitrogens with zero attached hydrogens (tertiary/aromatic N) is 3. The van der Waals surface area contributed by atoms with E-state index in [1.165, 1.54) is 0 Å². The smallest absolute Gasteiger partial charge is 0.248 e. The van der Waals surface area contributed by atoms with Gasteiger partial charge in [0.1, 0.15) is 11.8 Å². The molecule has 7 nitrogen and oxygen atoms in total. The van der Waals surface area contributed by atoms with Crippen LogP contribution >= 0.6 is 11.6 Å². The number of primary amides is 1. The Kier molecular flexibility index (Phi) is 4.52. The molecule has 1 amide bonds. The van der Waals surface area contributed by atoms with Crippen LogP contribution in [-0.4, -0.2) is 27.8 Å². The number of carbonyl (C=O) groups excluding carboxylic acids is 1. The highest BCUT2D eigenvalue weighted by molar-refractivity contribution is 6.30. The first-order chi connectivity index (χ1) is 13.5. The van der Waals surface area contributed by atoms with Gasteiger partial charge in [-0.3, -0.25) is 4.79 Å². The molecule has 0 fully saturated rings. The van der Waals surface area contributed by atoms with Gasteiger partial charge in [-0.1, -0.05) is 35.9 Å². The van der Waals surface area contributed by atoms with Gasteiger partial charge in [-0.2, -0.15) is 4.98 Å². The summed E-state index contributed by atoms with van der Waals surface area (Å²) in [5.41, 5.74) is 8.40. The number of fused-ring (bicyclic) bond motifs is 1. The van der Waals surface area contributed by atoms with Gasteiger partial charge in [-0.15, -0.1) is 5.10 Å². The summed E-state index contributed by atoms with van der Waals surface area (Å²) in [5, 5.41) is 8.36. The molecule has 0 saturated heterocycles. The van der Waals surface area contributed by atoms with Crippen molar-refractivity contribution >= 4 is 23.5 Å². The molecule has 0 spiro atoms. The molecule has 2 heterocycles. The van der Waals surface area contributed by atoms with Crippen LogP contribution in [0.4, 0.5) is 5.95 Å². The maximum absolute atomic E-state index is 12.2. The molecule has 1 aromatic heterocycles. The predicted octanol–water partition coefficient (Wildman–Crippen LogP) is 3.38. The summed E-state index contributed by atoms with van der Waals surface area (Å²) < 4.78 is 6.90. The van der Waals surface area contributed by atoms with Gasteiger partial charge in [0.25, 0.3) is 0 Å².